The van der Waals surface area contributed by atoms with E-state index in [4.69, 9.17) is 17.3 Å². The lowest BCUT2D eigenvalue weighted by Crippen LogP contribution is -2.38. The number of nitro benzene ring substituents is 1. The molecule has 32 heavy (non-hydrogen) atoms. The molecule has 1 aliphatic carbocycles. The Labute approximate surface area is 198 Å². The molecule has 2 aromatic rings. The van der Waals surface area contributed by atoms with E-state index in [0.29, 0.717) is 36.2 Å². The summed E-state index contributed by atoms with van der Waals surface area (Å²) in [5.74, 6) is 0.405. The van der Waals surface area contributed by atoms with Gasteiger partial charge in [0.05, 0.1) is 37.4 Å². The van der Waals surface area contributed by atoms with Gasteiger partial charge in [0.1, 0.15) is 5.82 Å². The van der Waals surface area contributed by atoms with Crippen molar-refractivity contribution < 1.29 is 9.72 Å². The first kappa shape index (κ1) is 22.4. The highest BCUT2D eigenvalue weighted by atomic mass is 35.5. The van der Waals surface area contributed by atoms with E-state index in [2.05, 4.69) is 6.07 Å². The van der Waals surface area contributed by atoms with Gasteiger partial charge in [0.25, 0.3) is 5.69 Å². The van der Waals surface area contributed by atoms with Crippen LogP contribution < -0.4 is 10.6 Å². The van der Waals surface area contributed by atoms with Crippen LogP contribution in [0.3, 0.4) is 0 Å². The van der Waals surface area contributed by atoms with Crippen LogP contribution in [0.4, 0.5) is 11.4 Å². The van der Waals surface area contributed by atoms with Gasteiger partial charge in [0.2, 0.25) is 0 Å². The topological polar surface area (TPSA) is 113 Å². The van der Waals surface area contributed by atoms with Crippen LogP contribution in [0.15, 0.2) is 56.5 Å². The molecule has 1 aliphatic heterocycles. The molecule has 0 radical (unpaired) electrons. The highest BCUT2D eigenvalue weighted by Crippen LogP contribution is 2.50. The van der Waals surface area contributed by atoms with Crippen molar-refractivity contribution in [3.63, 3.8) is 0 Å². The molecular formula is C22H19ClN4O3S2. The average Bonchev–Trinajstić information content (AvgIpc) is 3.22. The Bertz CT molecular complexity index is 1230. The highest BCUT2D eigenvalue weighted by Gasteiger charge is 2.42. The van der Waals surface area contributed by atoms with E-state index < -0.39 is 10.8 Å². The minimum absolute atomic E-state index is 0.0401. The molecule has 2 N–H and O–H groups in total. The lowest BCUT2D eigenvalue weighted by molar-refractivity contribution is -0.384. The number of rotatable bonds is 5. The second-order valence-electron chi connectivity index (χ2n) is 7.31. The number of allylic oxidation sites excluding steroid dienone is 3. The number of benzene rings is 1. The molecule has 2 heterocycles. The fourth-order valence-corrected chi connectivity index (χ4v) is 6.50. The predicted molar refractivity (Wildman–Crippen MR) is 127 cm³/mol. The molecule has 2 aliphatic rings. The summed E-state index contributed by atoms with van der Waals surface area (Å²) in [5, 5.41) is 23.7. The SMILES string of the molecule is CCSc1sccc1C1C(C#N)=C(N)N(c2cc([N+](=O)[O-])ccc2Cl)C2=C1C(=O)CCC2. The number of nitrogens with two attached hydrogens (primary N) is 1. The smallest absolute Gasteiger partial charge is 0.271 e. The summed E-state index contributed by atoms with van der Waals surface area (Å²) < 4.78 is 1.05. The van der Waals surface area contributed by atoms with Crippen molar-refractivity contribution in [1.29, 1.82) is 5.26 Å². The number of Topliss-reactive ketones (excluding diaryl/α,β-unsaturated/α-hetero) is 1. The van der Waals surface area contributed by atoms with E-state index in [9.17, 15) is 20.2 Å². The predicted octanol–water partition coefficient (Wildman–Crippen LogP) is 5.73. The van der Waals surface area contributed by atoms with Crippen LogP contribution in [-0.4, -0.2) is 16.5 Å². The summed E-state index contributed by atoms with van der Waals surface area (Å²) in [4.78, 5) is 25.6. The number of nitriles is 1. The number of hydrogen-bond donors (Lipinski definition) is 1. The van der Waals surface area contributed by atoms with Gasteiger partial charge in [-0.3, -0.25) is 19.8 Å². The number of carbonyl (C=O) groups excluding carboxylic acids is 1. The number of hydrogen-bond acceptors (Lipinski definition) is 8. The maximum absolute atomic E-state index is 13.2. The van der Waals surface area contributed by atoms with Gasteiger partial charge in [-0.05, 0) is 41.7 Å². The summed E-state index contributed by atoms with van der Waals surface area (Å²) in [5.41, 5.74) is 9.01. The Balaban J connectivity index is 1.98. The fraction of sp³-hybridized carbons (Fsp3) is 0.273. The lowest BCUT2D eigenvalue weighted by Gasteiger charge is -2.39. The molecule has 0 saturated carbocycles. The van der Waals surface area contributed by atoms with E-state index in [1.807, 2.05) is 18.4 Å². The Morgan fingerprint density at radius 1 is 1.41 bits per heavy atom. The van der Waals surface area contributed by atoms with Crippen LogP contribution in [0.5, 0.6) is 0 Å². The normalized spacial score (nSPS) is 18.6. The molecule has 0 amide bonds. The second kappa shape index (κ2) is 8.98. The molecule has 0 bridgehead atoms. The number of carbonyl (C=O) groups is 1. The van der Waals surface area contributed by atoms with Crippen LogP contribution in [0.1, 0.15) is 37.7 Å². The first-order valence-electron chi connectivity index (χ1n) is 9.99. The monoisotopic (exact) mass is 486 g/mol. The third-order valence-corrected chi connectivity index (χ3v) is 8.01. The Morgan fingerprint density at radius 3 is 2.88 bits per heavy atom. The molecule has 4 rings (SSSR count). The first-order valence-corrected chi connectivity index (χ1v) is 12.2. The average molecular weight is 487 g/mol. The summed E-state index contributed by atoms with van der Waals surface area (Å²) >= 11 is 9.66. The number of non-ortho nitro benzene ring substituents is 1. The van der Waals surface area contributed by atoms with Crippen LogP contribution >= 0.6 is 34.7 Å². The van der Waals surface area contributed by atoms with Gasteiger partial charge in [-0.25, -0.2) is 0 Å². The van der Waals surface area contributed by atoms with E-state index in [0.717, 1.165) is 15.5 Å². The molecule has 1 atom stereocenters. The lowest BCUT2D eigenvalue weighted by atomic mass is 9.76. The first-order chi connectivity index (χ1) is 15.4. The van der Waals surface area contributed by atoms with Gasteiger partial charge in [-0.15, -0.1) is 23.1 Å². The van der Waals surface area contributed by atoms with Crippen molar-refractivity contribution >= 4 is 51.9 Å². The number of nitrogens with zero attached hydrogens (tertiary/aromatic N) is 3. The summed E-state index contributed by atoms with van der Waals surface area (Å²) in [6.45, 7) is 2.05. The number of anilines is 1. The van der Waals surface area contributed by atoms with Crippen molar-refractivity contribution in [1.82, 2.24) is 0 Å². The van der Waals surface area contributed by atoms with Gasteiger partial charge < -0.3 is 5.73 Å². The van der Waals surface area contributed by atoms with Crippen molar-refractivity contribution in [3.05, 3.63) is 73.0 Å². The van der Waals surface area contributed by atoms with Gasteiger partial charge in [-0.1, -0.05) is 18.5 Å². The molecule has 7 nitrogen and oxygen atoms in total. The van der Waals surface area contributed by atoms with Crippen molar-refractivity contribution in [2.45, 2.75) is 36.3 Å². The summed E-state index contributed by atoms with van der Waals surface area (Å²) in [7, 11) is 0. The minimum atomic E-state index is -0.558. The summed E-state index contributed by atoms with van der Waals surface area (Å²) in [6, 6.07) is 8.23. The zero-order valence-corrected chi connectivity index (χ0v) is 19.5. The summed E-state index contributed by atoms with van der Waals surface area (Å²) in [6.07, 6.45) is 1.56. The molecule has 0 fully saturated rings. The highest BCUT2D eigenvalue weighted by molar-refractivity contribution is 8.01. The zero-order valence-electron chi connectivity index (χ0n) is 17.1. The number of nitro groups is 1. The quantitative estimate of drug-likeness (QED) is 0.326. The van der Waals surface area contributed by atoms with Crippen molar-refractivity contribution in [2.75, 3.05) is 10.7 Å². The number of halogens is 1. The third-order valence-electron chi connectivity index (χ3n) is 5.54. The maximum atomic E-state index is 13.2. The van der Waals surface area contributed by atoms with Gasteiger partial charge in [-0.2, -0.15) is 5.26 Å². The van der Waals surface area contributed by atoms with E-state index in [1.165, 1.54) is 18.2 Å². The van der Waals surface area contributed by atoms with Gasteiger partial charge in [0.15, 0.2) is 5.78 Å². The molecular weight excluding hydrogens is 468 g/mol. The van der Waals surface area contributed by atoms with Crippen LogP contribution in [0, 0.1) is 21.4 Å². The minimum Gasteiger partial charge on any atom is -0.384 e. The van der Waals surface area contributed by atoms with Crippen LogP contribution in [0.2, 0.25) is 5.02 Å². The second-order valence-corrected chi connectivity index (χ2v) is 10.2. The van der Waals surface area contributed by atoms with E-state index in [-0.39, 0.29) is 27.9 Å². The molecule has 1 aromatic carbocycles. The van der Waals surface area contributed by atoms with Crippen LogP contribution in [0.25, 0.3) is 0 Å². The van der Waals surface area contributed by atoms with Gasteiger partial charge in [0, 0.05) is 29.8 Å². The van der Waals surface area contributed by atoms with Crippen LogP contribution in [-0.2, 0) is 4.79 Å². The fourth-order valence-electron chi connectivity index (χ4n) is 4.23. The Morgan fingerprint density at radius 2 is 2.19 bits per heavy atom. The third kappa shape index (κ3) is 3.68. The van der Waals surface area contributed by atoms with Crippen molar-refractivity contribution in [3.8, 4) is 6.07 Å². The molecule has 1 aromatic heterocycles. The van der Waals surface area contributed by atoms with Gasteiger partial charge >= 0.3 is 0 Å². The number of thiophene rings is 1. The Kier molecular flexibility index (Phi) is 6.29. The standard InChI is InChI=1S/C22H19ClN4O3S2/c1-2-31-22-13(8-9-32-22)19-14(11-24)21(25)26(16-4-3-5-18(28)20(16)19)17-10-12(27(29)30)6-7-15(17)23/h6-10,19H,2-5,25H2,1H3. The van der Waals surface area contributed by atoms with E-state index in [1.54, 1.807) is 28.0 Å². The molecule has 0 saturated heterocycles. The number of ketones is 1. The zero-order chi connectivity index (χ0) is 23.0. The Hall–Kier alpha value is -2.80. The molecule has 1 unspecified atom stereocenters. The van der Waals surface area contributed by atoms with Crippen molar-refractivity contribution in [2.24, 2.45) is 5.73 Å². The van der Waals surface area contributed by atoms with E-state index >= 15 is 0 Å². The maximum Gasteiger partial charge on any atom is 0.271 e. The molecule has 10 heteroatoms. The molecule has 0 spiro atoms. The number of thioether (sulfide) groups is 1. The molecule has 164 valence electrons. The largest absolute Gasteiger partial charge is 0.384 e.